The van der Waals surface area contributed by atoms with E-state index in [1.807, 2.05) is 71.6 Å². The quantitative estimate of drug-likeness (QED) is 0.0303. The molecule has 2 aliphatic heterocycles. The first kappa shape index (κ1) is 47.3. The zero-order chi connectivity index (χ0) is 46.6. The molecule has 1 unspecified atom stereocenters. The maximum atomic E-state index is 14.7. The Hall–Kier alpha value is -5.65. The molecule has 0 radical (unpaired) electrons. The third-order valence-corrected chi connectivity index (χ3v) is 13.9. The number of likely N-dealkylation sites (tertiary alicyclic amines) is 1. The van der Waals surface area contributed by atoms with Crippen molar-refractivity contribution in [1.29, 1.82) is 0 Å². The van der Waals surface area contributed by atoms with Crippen molar-refractivity contribution in [3.05, 3.63) is 142 Å². The fraction of sp³-hybridized carbons (Fsp3) is 0.385. The second kappa shape index (κ2) is 19.8. The van der Waals surface area contributed by atoms with Gasteiger partial charge >= 0.3 is 5.97 Å². The highest BCUT2D eigenvalue weighted by atomic mass is 31.2. The van der Waals surface area contributed by atoms with Crippen molar-refractivity contribution < 1.29 is 37.5 Å². The van der Waals surface area contributed by atoms with Gasteiger partial charge in [-0.25, -0.2) is 4.98 Å². The van der Waals surface area contributed by atoms with Crippen molar-refractivity contribution in [2.75, 3.05) is 34.0 Å². The summed E-state index contributed by atoms with van der Waals surface area (Å²) in [6.07, 6.45) is 0.0880. The van der Waals surface area contributed by atoms with Crippen molar-refractivity contribution in [3.8, 4) is 28.7 Å². The first-order chi connectivity index (χ1) is 31.0. The molecule has 0 spiro atoms. The number of esters is 1. The van der Waals surface area contributed by atoms with Crippen LogP contribution in [0.4, 0.5) is 0 Å². The Morgan fingerprint density at radius 2 is 1.40 bits per heavy atom. The van der Waals surface area contributed by atoms with E-state index in [-0.39, 0.29) is 54.3 Å². The lowest BCUT2D eigenvalue weighted by Crippen LogP contribution is -2.43. The molecule has 1 amide bonds. The predicted molar refractivity (Wildman–Crippen MR) is 254 cm³/mol. The van der Waals surface area contributed by atoms with Gasteiger partial charge in [0, 0.05) is 36.3 Å². The Kier molecular flexibility index (Phi) is 14.4. The Balaban J connectivity index is 1.23. The van der Waals surface area contributed by atoms with Gasteiger partial charge in [-0.3, -0.25) is 19.1 Å². The largest absolute Gasteiger partial charge is 0.497 e. The fourth-order valence-corrected chi connectivity index (χ4v) is 10.6. The van der Waals surface area contributed by atoms with E-state index in [4.69, 9.17) is 32.9 Å². The summed E-state index contributed by atoms with van der Waals surface area (Å²) in [4.78, 5) is 47.6. The van der Waals surface area contributed by atoms with Gasteiger partial charge in [0.25, 0.3) is 0 Å². The maximum absolute atomic E-state index is 14.7. The lowest BCUT2D eigenvalue weighted by molar-refractivity contribution is -0.143. The first-order valence-corrected chi connectivity index (χ1v) is 23.7. The second-order valence-corrected chi connectivity index (χ2v) is 19.7. The van der Waals surface area contributed by atoms with Crippen LogP contribution in [0.2, 0.25) is 0 Å². The van der Waals surface area contributed by atoms with E-state index >= 15 is 0 Å². The third kappa shape index (κ3) is 10.4. The van der Waals surface area contributed by atoms with Crippen LogP contribution < -0.4 is 19.6 Å². The molecule has 3 aliphatic rings. The first-order valence-electron chi connectivity index (χ1n) is 22.1. The van der Waals surface area contributed by atoms with Gasteiger partial charge in [0.05, 0.1) is 44.8 Å². The zero-order valence-corrected chi connectivity index (χ0v) is 39.9. The van der Waals surface area contributed by atoms with E-state index in [0.717, 1.165) is 16.7 Å². The van der Waals surface area contributed by atoms with Crippen LogP contribution in [0.5, 0.6) is 17.2 Å². The molecule has 0 bridgehead atoms. The maximum Gasteiger partial charge on any atom is 0.316 e. The summed E-state index contributed by atoms with van der Waals surface area (Å²) in [6, 6.07) is 33.8. The molecule has 4 aromatic rings. The van der Waals surface area contributed by atoms with Gasteiger partial charge < -0.3 is 32.8 Å². The minimum absolute atomic E-state index is 0.152. The number of carbonyl (C=O) groups is 2. The summed E-state index contributed by atoms with van der Waals surface area (Å²) in [5, 5.41) is 0. The number of rotatable bonds is 16. The molecule has 7 rings (SSSR count). The summed E-state index contributed by atoms with van der Waals surface area (Å²) in [7, 11) is 2.27. The number of hydrogen-bond acceptors (Lipinski definition) is 11. The zero-order valence-electron chi connectivity index (χ0n) is 39.0. The minimum atomic E-state index is -1.11. The number of hydrogen-bond donors (Lipinski definition) is 0. The Labute approximate surface area is 383 Å². The van der Waals surface area contributed by atoms with Crippen molar-refractivity contribution in [2.24, 2.45) is 5.41 Å². The van der Waals surface area contributed by atoms with Crippen LogP contribution in [-0.4, -0.2) is 84.7 Å². The van der Waals surface area contributed by atoms with Crippen LogP contribution >= 0.6 is 8.30 Å². The second-order valence-electron chi connectivity index (χ2n) is 18.1. The van der Waals surface area contributed by atoms with Crippen LogP contribution in [0.1, 0.15) is 77.1 Å². The lowest BCUT2D eigenvalue weighted by atomic mass is 9.80. The summed E-state index contributed by atoms with van der Waals surface area (Å²) in [5.41, 5.74) is 2.07. The molecule has 342 valence electrons. The Morgan fingerprint density at radius 3 is 1.97 bits per heavy atom. The third-order valence-electron chi connectivity index (χ3n) is 11.7. The molecule has 1 fully saturated rings. The van der Waals surface area contributed by atoms with Crippen LogP contribution in [0.15, 0.2) is 118 Å². The van der Waals surface area contributed by atoms with Gasteiger partial charge in [0.15, 0.2) is 16.8 Å². The minimum Gasteiger partial charge on any atom is -0.497 e. The summed E-state index contributed by atoms with van der Waals surface area (Å²) < 4.78 is 39.4. The number of methoxy groups -OCH3 is 2. The van der Waals surface area contributed by atoms with Crippen LogP contribution in [-0.2, 0) is 30.9 Å². The number of carbonyl (C=O) groups excluding carboxylic acids is 2. The average molecular weight is 902 g/mol. The van der Waals surface area contributed by atoms with Crippen molar-refractivity contribution in [1.82, 2.24) is 14.6 Å². The average Bonchev–Trinajstić information content (AvgIpc) is 3.68. The predicted octanol–water partition coefficient (Wildman–Crippen LogP) is 9.86. The molecule has 2 heterocycles. The van der Waals surface area contributed by atoms with E-state index in [0.29, 0.717) is 52.6 Å². The monoisotopic (exact) mass is 901 g/mol. The topological polar surface area (TPSA) is 130 Å². The van der Waals surface area contributed by atoms with E-state index in [1.165, 1.54) is 6.07 Å². The smallest absolute Gasteiger partial charge is 0.316 e. The van der Waals surface area contributed by atoms with E-state index < -0.39 is 25.4 Å². The molecule has 1 saturated heterocycles. The number of aromatic nitrogens is 1. The molecule has 13 heteroatoms. The van der Waals surface area contributed by atoms with E-state index in [2.05, 4.69) is 51.2 Å². The molecule has 65 heavy (non-hydrogen) atoms. The molecule has 12 nitrogen and oxygen atoms in total. The molecule has 1 aliphatic carbocycles. The van der Waals surface area contributed by atoms with Gasteiger partial charge in [0.2, 0.25) is 5.91 Å². The van der Waals surface area contributed by atoms with Crippen LogP contribution in [0.25, 0.3) is 22.6 Å². The number of fused-ring (bicyclic) bond motifs is 2. The van der Waals surface area contributed by atoms with Gasteiger partial charge in [-0.05, 0) is 121 Å². The van der Waals surface area contributed by atoms with Crippen molar-refractivity contribution in [2.45, 2.75) is 91.1 Å². The molecule has 0 aromatic heterocycles. The number of ether oxygens (including phenoxy) is 4. The highest BCUT2D eigenvalue weighted by molar-refractivity contribution is 7.49. The van der Waals surface area contributed by atoms with Crippen LogP contribution in [0.3, 0.4) is 0 Å². The van der Waals surface area contributed by atoms with Crippen molar-refractivity contribution in [3.63, 3.8) is 0 Å². The van der Waals surface area contributed by atoms with Crippen molar-refractivity contribution >= 4 is 31.3 Å². The molecule has 0 saturated carbocycles. The van der Waals surface area contributed by atoms with Gasteiger partial charge in [-0.2, -0.15) is 0 Å². The SMILES string of the molecule is COc1ccc(C(OC[C@@H]2C[C@@H](OP(C)N(C(C)C)C(C)C)CN2C(=O)Cc2cc3nc4ccc(OC(=O)C(C)(C)C)cc4oc-3cc2=O)(c2ccccc2)c2ccc(OC)cc2)cc1. The molecular formula is C52H60N3O9P. The number of amides is 1. The Bertz CT molecular complexity index is 2550. The number of nitrogens with zero attached hydrogens (tertiary/aromatic N) is 3. The van der Waals surface area contributed by atoms with E-state index in [1.54, 1.807) is 59.3 Å². The summed E-state index contributed by atoms with van der Waals surface area (Å²) in [5.74, 6) is 1.37. The Morgan fingerprint density at radius 1 is 0.815 bits per heavy atom. The summed E-state index contributed by atoms with van der Waals surface area (Å²) >= 11 is 0. The molecular weight excluding hydrogens is 842 g/mol. The van der Waals surface area contributed by atoms with Crippen LogP contribution in [0, 0.1) is 5.41 Å². The lowest BCUT2D eigenvalue weighted by Gasteiger charge is -2.38. The molecule has 0 N–H and O–H groups in total. The van der Waals surface area contributed by atoms with E-state index in [9.17, 15) is 14.4 Å². The molecule has 3 atom stereocenters. The standard InChI is InChI=1S/C52H60N3O9P/c1-33(2)55(34(3)4)65(10)64-43-28-39(32-61-52(36-14-12-11-13-15-36,37-16-20-40(59-8)21-17-37)38-18-22-41(60-9)23-19-38)54(31-43)49(57)27-35-26-45-48(30-46(35)56)63-47-29-42(24-25-44(47)53-45)62-50(58)51(5,6)7/h11-26,29-30,33-34,39,43H,27-28,31-32H2,1-10H3/t39-,43+,65?/m0/s1. The molecule has 4 aromatic carbocycles. The highest BCUT2D eigenvalue weighted by Gasteiger charge is 2.43. The van der Waals surface area contributed by atoms with Gasteiger partial charge in [0.1, 0.15) is 42.4 Å². The number of benzene rings is 5. The fourth-order valence-electron chi connectivity index (χ4n) is 8.63. The normalized spacial score (nSPS) is 16.2. The van der Waals surface area contributed by atoms with Gasteiger partial charge in [-0.1, -0.05) is 54.6 Å². The van der Waals surface area contributed by atoms with Gasteiger partial charge in [-0.15, -0.1) is 0 Å². The highest BCUT2D eigenvalue weighted by Crippen LogP contribution is 2.46. The summed E-state index contributed by atoms with van der Waals surface area (Å²) in [6.45, 7) is 16.6.